The number of allylic oxidation sites excluding steroid dienone is 2. The molecule has 0 amide bonds. The average molecular weight is 294 g/mol. The molecular weight excluding hydrogens is 264 g/mol. The average Bonchev–Trinajstić information content (AvgIpc) is 2.45. The highest BCUT2D eigenvalue weighted by molar-refractivity contribution is 5.82. The summed E-state index contributed by atoms with van der Waals surface area (Å²) in [6.45, 7) is 8.40. The van der Waals surface area contributed by atoms with Gasteiger partial charge in [-0.05, 0) is 38.0 Å². The van der Waals surface area contributed by atoms with E-state index in [-0.39, 0.29) is 23.9 Å². The lowest BCUT2D eigenvalue weighted by atomic mass is 9.85. The summed E-state index contributed by atoms with van der Waals surface area (Å²) in [6.07, 6.45) is 10.5. The standard InChI is InChI=1S/C18H30O3/c1-5-7-8-13(3)11-14(4)16(19)12-17-15(6-2)9-10-18(20)21-17/h5,7,9-10,13-17,19H,6,8,11-12H2,1-4H3/b7-5+/t13-,14+,15+,16+,17+/m0/s1. The smallest absolute Gasteiger partial charge is 0.330 e. The largest absolute Gasteiger partial charge is 0.458 e. The lowest BCUT2D eigenvalue weighted by Gasteiger charge is -2.30. The molecular formula is C18H30O3. The predicted octanol–water partition coefficient (Wildman–Crippen LogP) is 3.87. The van der Waals surface area contributed by atoms with Crippen LogP contribution in [-0.4, -0.2) is 23.3 Å². The summed E-state index contributed by atoms with van der Waals surface area (Å²) in [7, 11) is 0. The van der Waals surface area contributed by atoms with Crippen LogP contribution in [-0.2, 0) is 9.53 Å². The fourth-order valence-electron chi connectivity index (χ4n) is 2.95. The third-order valence-electron chi connectivity index (χ3n) is 4.37. The van der Waals surface area contributed by atoms with Gasteiger partial charge in [-0.1, -0.05) is 39.0 Å². The number of esters is 1. The molecule has 1 heterocycles. The number of aliphatic hydroxyl groups excluding tert-OH is 1. The quantitative estimate of drug-likeness (QED) is 0.546. The van der Waals surface area contributed by atoms with Crippen LogP contribution in [0.4, 0.5) is 0 Å². The van der Waals surface area contributed by atoms with Crippen molar-refractivity contribution in [1.82, 2.24) is 0 Å². The SMILES string of the molecule is C/C=C/C[C@H](C)C[C@@H](C)[C@H](O)C[C@H]1OC(=O)C=C[C@H]1CC. The summed E-state index contributed by atoms with van der Waals surface area (Å²) in [5, 5.41) is 10.4. The van der Waals surface area contributed by atoms with Crippen molar-refractivity contribution in [3.63, 3.8) is 0 Å². The normalized spacial score (nSPS) is 26.6. The van der Waals surface area contributed by atoms with E-state index in [1.807, 2.05) is 13.0 Å². The highest BCUT2D eigenvalue weighted by atomic mass is 16.5. The van der Waals surface area contributed by atoms with Crippen molar-refractivity contribution in [3.8, 4) is 0 Å². The monoisotopic (exact) mass is 294 g/mol. The van der Waals surface area contributed by atoms with Crippen LogP contribution in [0.2, 0.25) is 0 Å². The number of aliphatic hydroxyl groups is 1. The zero-order chi connectivity index (χ0) is 15.8. The van der Waals surface area contributed by atoms with Crippen LogP contribution in [0.15, 0.2) is 24.3 Å². The van der Waals surface area contributed by atoms with Gasteiger partial charge in [-0.15, -0.1) is 0 Å². The summed E-state index contributed by atoms with van der Waals surface area (Å²) < 4.78 is 5.38. The molecule has 1 aliphatic rings. The molecule has 0 fully saturated rings. The van der Waals surface area contributed by atoms with Crippen LogP contribution >= 0.6 is 0 Å². The minimum absolute atomic E-state index is 0.184. The van der Waals surface area contributed by atoms with E-state index in [0.29, 0.717) is 12.3 Å². The maximum atomic E-state index is 11.4. The summed E-state index contributed by atoms with van der Waals surface area (Å²) in [6, 6.07) is 0. The molecule has 21 heavy (non-hydrogen) atoms. The van der Waals surface area contributed by atoms with Crippen LogP contribution < -0.4 is 0 Å². The minimum Gasteiger partial charge on any atom is -0.458 e. The molecule has 120 valence electrons. The molecule has 0 aromatic rings. The highest BCUT2D eigenvalue weighted by Gasteiger charge is 2.29. The maximum absolute atomic E-state index is 11.4. The summed E-state index contributed by atoms with van der Waals surface area (Å²) in [4.78, 5) is 11.4. The first-order valence-electron chi connectivity index (χ1n) is 8.15. The third kappa shape index (κ3) is 6.04. The van der Waals surface area contributed by atoms with E-state index in [9.17, 15) is 9.90 Å². The first-order chi connectivity index (χ1) is 9.97. The molecule has 0 spiro atoms. The molecule has 5 atom stereocenters. The van der Waals surface area contributed by atoms with Gasteiger partial charge in [-0.2, -0.15) is 0 Å². The molecule has 0 aliphatic carbocycles. The van der Waals surface area contributed by atoms with Gasteiger partial charge in [0, 0.05) is 18.4 Å². The highest BCUT2D eigenvalue weighted by Crippen LogP contribution is 2.27. The van der Waals surface area contributed by atoms with Crippen molar-refractivity contribution < 1.29 is 14.6 Å². The van der Waals surface area contributed by atoms with E-state index in [0.717, 1.165) is 19.3 Å². The van der Waals surface area contributed by atoms with Crippen LogP contribution in [0.25, 0.3) is 0 Å². The first-order valence-corrected chi connectivity index (χ1v) is 8.15. The summed E-state index contributed by atoms with van der Waals surface area (Å²) in [5.41, 5.74) is 0. The number of hydrogen-bond donors (Lipinski definition) is 1. The molecule has 1 N–H and O–H groups in total. The fourth-order valence-corrected chi connectivity index (χ4v) is 2.95. The lowest BCUT2D eigenvalue weighted by molar-refractivity contribution is -0.148. The molecule has 0 saturated heterocycles. The van der Waals surface area contributed by atoms with E-state index in [1.54, 1.807) is 0 Å². The zero-order valence-electron chi connectivity index (χ0n) is 13.8. The molecule has 0 aromatic carbocycles. The Labute approximate surface area is 129 Å². The van der Waals surface area contributed by atoms with Gasteiger partial charge in [0.15, 0.2) is 0 Å². The van der Waals surface area contributed by atoms with Crippen molar-refractivity contribution in [1.29, 1.82) is 0 Å². The third-order valence-corrected chi connectivity index (χ3v) is 4.37. The molecule has 0 unspecified atom stereocenters. The Bertz CT molecular complexity index is 373. The zero-order valence-corrected chi connectivity index (χ0v) is 13.8. The Morgan fingerprint density at radius 1 is 1.43 bits per heavy atom. The van der Waals surface area contributed by atoms with E-state index in [1.165, 1.54) is 6.08 Å². The minimum atomic E-state index is -0.420. The topological polar surface area (TPSA) is 46.5 Å². The first kappa shape index (κ1) is 18.0. The van der Waals surface area contributed by atoms with Gasteiger partial charge in [0.05, 0.1) is 6.10 Å². The number of ether oxygens (including phenoxy) is 1. The van der Waals surface area contributed by atoms with Crippen molar-refractivity contribution >= 4 is 5.97 Å². The van der Waals surface area contributed by atoms with Crippen molar-refractivity contribution in [3.05, 3.63) is 24.3 Å². The number of carbonyl (C=O) groups is 1. The van der Waals surface area contributed by atoms with E-state index < -0.39 is 6.10 Å². The summed E-state index contributed by atoms with van der Waals surface area (Å²) in [5.74, 6) is 0.713. The number of carbonyl (C=O) groups excluding carboxylic acids is 1. The molecule has 0 radical (unpaired) electrons. The van der Waals surface area contributed by atoms with Crippen molar-refractivity contribution in [2.45, 2.75) is 65.6 Å². The second-order valence-electron chi connectivity index (χ2n) is 6.33. The van der Waals surface area contributed by atoms with Gasteiger partial charge in [0.2, 0.25) is 0 Å². The lowest BCUT2D eigenvalue weighted by Crippen LogP contribution is -2.34. The summed E-state index contributed by atoms with van der Waals surface area (Å²) >= 11 is 0. The molecule has 1 aliphatic heterocycles. The predicted molar refractivity (Wildman–Crippen MR) is 85.8 cm³/mol. The van der Waals surface area contributed by atoms with E-state index >= 15 is 0 Å². The molecule has 1 rings (SSSR count). The molecule has 0 bridgehead atoms. The molecule has 3 heteroatoms. The van der Waals surface area contributed by atoms with Gasteiger partial charge in [0.1, 0.15) is 6.10 Å². The number of cyclic esters (lactones) is 1. The van der Waals surface area contributed by atoms with E-state index in [4.69, 9.17) is 4.74 Å². The fraction of sp³-hybridized carbons (Fsp3) is 0.722. The number of rotatable bonds is 8. The van der Waals surface area contributed by atoms with Crippen LogP contribution in [0.1, 0.15) is 53.4 Å². The van der Waals surface area contributed by atoms with Crippen LogP contribution in [0, 0.1) is 17.8 Å². The van der Waals surface area contributed by atoms with Gasteiger partial charge < -0.3 is 9.84 Å². The molecule has 3 nitrogen and oxygen atoms in total. The van der Waals surface area contributed by atoms with Gasteiger partial charge >= 0.3 is 5.97 Å². The number of hydrogen-bond acceptors (Lipinski definition) is 3. The Hall–Kier alpha value is -1.09. The second kappa shape index (κ2) is 9.04. The van der Waals surface area contributed by atoms with Gasteiger partial charge in [0.25, 0.3) is 0 Å². The van der Waals surface area contributed by atoms with Crippen LogP contribution in [0.3, 0.4) is 0 Å². The Morgan fingerprint density at radius 2 is 2.14 bits per heavy atom. The Kier molecular flexibility index (Phi) is 7.73. The second-order valence-corrected chi connectivity index (χ2v) is 6.33. The Morgan fingerprint density at radius 3 is 2.76 bits per heavy atom. The van der Waals surface area contributed by atoms with Crippen LogP contribution in [0.5, 0.6) is 0 Å². The van der Waals surface area contributed by atoms with Gasteiger partial charge in [-0.25, -0.2) is 4.79 Å². The van der Waals surface area contributed by atoms with Gasteiger partial charge in [-0.3, -0.25) is 0 Å². The van der Waals surface area contributed by atoms with Crippen molar-refractivity contribution in [2.75, 3.05) is 0 Å². The van der Waals surface area contributed by atoms with Crippen molar-refractivity contribution in [2.24, 2.45) is 17.8 Å². The maximum Gasteiger partial charge on any atom is 0.330 e. The Balaban J connectivity index is 2.49. The molecule has 0 saturated carbocycles. The molecule has 0 aromatic heterocycles. The van der Waals surface area contributed by atoms with E-state index in [2.05, 4.69) is 32.9 Å².